The molecular weight excluding hydrogens is 1500 g/mol. The van der Waals surface area contributed by atoms with Crippen molar-refractivity contribution < 1.29 is 218 Å². The van der Waals surface area contributed by atoms with Crippen molar-refractivity contribution in [1.82, 2.24) is 5.32 Å². The zero-order valence-corrected chi connectivity index (χ0v) is 58.5. The van der Waals surface area contributed by atoms with Gasteiger partial charge in [0.1, 0.15) is 171 Å². The van der Waals surface area contributed by atoms with Crippen LogP contribution in [-0.2, 0) is 111 Å². The first-order chi connectivity index (χ1) is 50.8. The van der Waals surface area contributed by atoms with Crippen LogP contribution >= 0.6 is 0 Å². The van der Waals surface area contributed by atoms with E-state index < -0.39 is 360 Å². The Morgan fingerprint density at radius 2 is 0.477 bits per heavy atom. The summed E-state index contributed by atoms with van der Waals surface area (Å²) in [4.78, 5) is 12.8. The van der Waals surface area contributed by atoms with Crippen LogP contribution in [0.2, 0.25) is 0 Å². The van der Waals surface area contributed by atoms with Gasteiger partial charge < -0.3 is 239 Å². The number of carbonyl (C=O) groups excluding carboxylic acids is 1. The van der Waals surface area contributed by atoms with Gasteiger partial charge in [-0.2, -0.15) is 0 Å². The van der Waals surface area contributed by atoms with Crippen molar-refractivity contribution in [2.75, 3.05) is 66.6 Å². The van der Waals surface area contributed by atoms with E-state index in [4.69, 9.17) is 138 Å². The minimum atomic E-state index is -2.04. The molecule has 107 heavy (non-hydrogen) atoms. The number of aliphatic hydroxyl groups excluding tert-OH is 20. The molecule has 0 radical (unpaired) electrons. The summed E-state index contributed by atoms with van der Waals surface area (Å²) in [6, 6.07) is -14.6. The van der Waals surface area contributed by atoms with E-state index in [1.807, 2.05) is 0 Å². The van der Waals surface area contributed by atoms with E-state index >= 15 is 0 Å². The first-order valence-electron chi connectivity index (χ1n) is 33.8. The molecule has 37 N–H and O–H groups in total. The summed E-state index contributed by atoms with van der Waals surface area (Å²) in [5.41, 5.74) is 50.2. The SMILES string of the molecule is COC(=O)N[C@H]1[C@H](O[C@H]2[C@H](O)[C@@H](N)[C@H](O[C@H]3[C@H](O)[C@@H](N)[C@H](O)O[C@@H]3CO)O[C@@H]2CO)O[C@H](CO)[C@@H](O[C@@H]2O[C@H](CO)[C@@H](O[C@@H]3O[C@H](CO)[C@@H](O[C@@H]4O[C@H](CO)[C@@H](O[C@@H]5O[C@H](CO)[C@@H](O[C@@H]6O[C@H](CO)[C@@H](O[C@@H]7O[C@H](CO)[C@@H](O)[C@H](O)[C@H]7N)[C@H](O)[C@H]6N)[C@H](O)[C@H]5N)[C@H](O)[C@H]4N)[C@H](O)[C@H]3N)[C@H](O)[C@H]2N)[C@@H]1O.[O]=[Ti]=[O]. The fraction of sp³-hybridized carbons (Fsp3) is 0.982. The Hall–Kier alpha value is -2.22. The maximum atomic E-state index is 12.8. The molecule has 9 fully saturated rings. The third-order valence-corrected chi connectivity index (χ3v) is 19.9. The molecule has 9 heterocycles. The fourth-order valence-electron chi connectivity index (χ4n) is 13.7. The van der Waals surface area contributed by atoms with E-state index in [0.29, 0.717) is 0 Å². The van der Waals surface area contributed by atoms with Crippen LogP contribution in [0.4, 0.5) is 4.79 Å². The molecule has 51 heteroatoms. The van der Waals surface area contributed by atoms with E-state index in [0.717, 1.165) is 7.11 Å². The normalized spacial score (nSPS) is 50.6. The Balaban J connectivity index is 0.00000473. The van der Waals surface area contributed by atoms with Crippen LogP contribution < -0.4 is 51.2 Å². The summed E-state index contributed by atoms with van der Waals surface area (Å²) < 4.78 is 121. The molecule has 0 saturated carbocycles. The van der Waals surface area contributed by atoms with Crippen LogP contribution in [0.5, 0.6) is 0 Å². The number of alkyl carbamates (subject to hydrolysis) is 1. The van der Waals surface area contributed by atoms with Crippen LogP contribution in [0.1, 0.15) is 0 Å². The summed E-state index contributed by atoms with van der Waals surface area (Å²) in [5.74, 6) is 0. The summed E-state index contributed by atoms with van der Waals surface area (Å²) in [6.45, 7) is -8.24. The van der Waals surface area contributed by atoms with Crippen molar-refractivity contribution in [3.8, 4) is 0 Å². The third kappa shape index (κ3) is 19.7. The average molecular weight is 1610 g/mol. The molecule has 0 aromatic rings. The van der Waals surface area contributed by atoms with E-state index in [9.17, 15) is 107 Å². The predicted molar refractivity (Wildman–Crippen MR) is 327 cm³/mol. The topological polar surface area (TPSA) is 842 Å². The summed E-state index contributed by atoms with van der Waals surface area (Å²) in [7, 11) is 0.957. The van der Waals surface area contributed by atoms with Crippen molar-refractivity contribution in [3.05, 3.63) is 0 Å². The number of hydrogen-bond acceptors (Lipinski definition) is 49. The van der Waals surface area contributed by atoms with Gasteiger partial charge in [-0.1, -0.05) is 0 Å². The number of nitrogens with one attached hydrogen (secondary N) is 1. The molecule has 9 aliphatic heterocycles. The van der Waals surface area contributed by atoms with Gasteiger partial charge in [0.15, 0.2) is 56.6 Å². The van der Waals surface area contributed by atoms with Crippen LogP contribution in [0.15, 0.2) is 0 Å². The summed E-state index contributed by atoms with van der Waals surface area (Å²) >= 11 is -2.00. The van der Waals surface area contributed by atoms with Gasteiger partial charge in [0.2, 0.25) is 0 Å². The zero-order chi connectivity index (χ0) is 79.1. The number of rotatable bonds is 26. The van der Waals surface area contributed by atoms with E-state index in [1.165, 1.54) is 0 Å². The minimum absolute atomic E-state index is 0.762. The fourth-order valence-corrected chi connectivity index (χ4v) is 13.7. The van der Waals surface area contributed by atoms with Gasteiger partial charge >= 0.3 is 31.8 Å². The van der Waals surface area contributed by atoms with Crippen molar-refractivity contribution in [3.63, 3.8) is 0 Å². The molecule has 0 aliphatic carbocycles. The first kappa shape index (κ1) is 90.3. The van der Waals surface area contributed by atoms with Gasteiger partial charge in [0.05, 0.1) is 115 Å². The molecule has 45 atom stereocenters. The maximum absolute atomic E-state index is 12.8. The van der Waals surface area contributed by atoms with Crippen molar-refractivity contribution in [2.45, 2.75) is 276 Å². The molecule has 0 bridgehead atoms. The van der Waals surface area contributed by atoms with E-state index in [1.54, 1.807) is 0 Å². The second-order valence-electron chi connectivity index (χ2n) is 26.6. The predicted octanol–water partition coefficient (Wildman–Crippen LogP) is -20.8. The molecule has 9 aliphatic rings. The van der Waals surface area contributed by atoms with Gasteiger partial charge in [0.25, 0.3) is 0 Å². The molecule has 50 nitrogen and oxygen atoms in total. The van der Waals surface area contributed by atoms with Crippen molar-refractivity contribution in [1.29, 1.82) is 0 Å². The van der Waals surface area contributed by atoms with Crippen LogP contribution in [0.25, 0.3) is 0 Å². The number of amides is 1. The second kappa shape index (κ2) is 40.4. The zero-order valence-electron chi connectivity index (χ0n) is 57.0. The molecule has 622 valence electrons. The molecule has 9 rings (SSSR count). The van der Waals surface area contributed by atoms with E-state index in [-0.39, 0.29) is 0 Å². The molecular formula is C56H103N9O41Ti. The van der Waals surface area contributed by atoms with Crippen LogP contribution in [-0.4, -0.2) is 451 Å². The van der Waals surface area contributed by atoms with Gasteiger partial charge in [0, 0.05) is 0 Å². The molecule has 1 amide bonds. The Kier molecular flexibility index (Phi) is 34.1. The number of nitrogens with two attached hydrogens (primary N) is 8. The van der Waals surface area contributed by atoms with Gasteiger partial charge in [-0.05, 0) is 0 Å². The monoisotopic (exact) mass is 1610 g/mol. The number of carbonyl (C=O) groups is 1. The van der Waals surface area contributed by atoms with Gasteiger partial charge in [-0.25, -0.2) is 4.79 Å². The Morgan fingerprint density at radius 3 is 0.710 bits per heavy atom. The number of aliphatic hydroxyl groups is 20. The third-order valence-electron chi connectivity index (χ3n) is 19.9. The number of ether oxygens (including phenoxy) is 18. The second-order valence-corrected chi connectivity index (χ2v) is 26.9. The number of methoxy groups -OCH3 is 1. The Bertz CT molecular complexity index is 2730. The van der Waals surface area contributed by atoms with E-state index in [2.05, 4.69) is 5.32 Å². The Morgan fingerprint density at radius 1 is 0.290 bits per heavy atom. The summed E-state index contributed by atoms with van der Waals surface area (Å²) in [6.07, 6.45) is -62.6. The first-order valence-corrected chi connectivity index (χ1v) is 35.1. The molecule has 0 aromatic carbocycles. The quantitative estimate of drug-likeness (QED) is 0.0358. The standard InChI is InChI=1S/C56H103N9O39.2O.Ti/c1-87-56(86)65-28-38(84)46(19(10-74)96-55(28)104-45-18(9-73)95-49(27(64)37(45)83)97-39-12(3-67)88-47(85)20(57)31(39)77)103-54-26(63)36(82)44(17(8-72)94-54)102-53-25(62)35(81)43(16(7-71)93-53)101-52-24(61)34(80)42(15(6-70)92-52)100-51-23(60)33(79)41(14(5-69)91-51)99-50-22(59)32(78)40(13(4-68)90-50)98-48-21(58)30(76)29(75)11(2-66)89-48;;;/h11-55,66-85H,2-10,57-64H2,1H3,(H,65,86);;;/t11-,12-,13-,14-,15-,16-,17-,18-,19-,20-,21-,22-,23-,24-,25-,26-,27-,28-,29-,30-,31-,32-,33-,34-,35-,36-,37-,38-,39-,40-,41-,42-,43-,44-,45-,46-,47-,48+,49+,50+,51+,52+,53+,54+,55+;;;/m1.../s1. The average Bonchev–Trinajstić information content (AvgIpc) is 0.771. The molecule has 0 aromatic heterocycles. The van der Waals surface area contributed by atoms with Crippen LogP contribution in [0.3, 0.4) is 0 Å². The van der Waals surface area contributed by atoms with Gasteiger partial charge in [-0.3, -0.25) is 0 Å². The van der Waals surface area contributed by atoms with Crippen molar-refractivity contribution >= 4 is 6.09 Å². The van der Waals surface area contributed by atoms with Gasteiger partial charge in [-0.15, -0.1) is 0 Å². The van der Waals surface area contributed by atoms with Crippen LogP contribution in [0, 0.1) is 0 Å². The number of hydrogen-bond donors (Lipinski definition) is 29. The Labute approximate surface area is 615 Å². The van der Waals surface area contributed by atoms with Crippen molar-refractivity contribution in [2.24, 2.45) is 45.9 Å². The summed E-state index contributed by atoms with van der Waals surface area (Å²) in [5, 5.41) is 219. The molecule has 0 spiro atoms. The molecule has 0 unspecified atom stereocenters. The molecule has 9 saturated heterocycles.